The van der Waals surface area contributed by atoms with Crippen LogP contribution in [0.2, 0.25) is 0 Å². The quantitative estimate of drug-likeness (QED) is 0.888. The molecule has 1 fully saturated rings. The van der Waals surface area contributed by atoms with Gasteiger partial charge in [-0.05, 0) is 30.5 Å². The lowest BCUT2D eigenvalue weighted by Crippen LogP contribution is -2.45. The van der Waals surface area contributed by atoms with Crippen LogP contribution in [0.5, 0.6) is 0 Å². The number of hydrogen-bond donors (Lipinski definition) is 1. The van der Waals surface area contributed by atoms with Gasteiger partial charge in [0.2, 0.25) is 5.91 Å². The molecule has 5 nitrogen and oxygen atoms in total. The van der Waals surface area contributed by atoms with E-state index in [4.69, 9.17) is 5.26 Å². The molecule has 1 aliphatic rings. The molecule has 1 saturated heterocycles. The minimum Gasteiger partial charge on any atom is -0.348 e. The van der Waals surface area contributed by atoms with Gasteiger partial charge in [0.1, 0.15) is 0 Å². The van der Waals surface area contributed by atoms with Gasteiger partial charge in [0, 0.05) is 39.8 Å². The van der Waals surface area contributed by atoms with Gasteiger partial charge in [-0.1, -0.05) is 12.1 Å². The molecule has 0 radical (unpaired) electrons. The predicted molar refractivity (Wildman–Crippen MR) is 86.2 cm³/mol. The number of nitriles is 1. The maximum absolute atomic E-state index is 11.7. The van der Waals surface area contributed by atoms with E-state index in [1.807, 2.05) is 24.3 Å². The Bertz CT molecular complexity index is 542. The van der Waals surface area contributed by atoms with Gasteiger partial charge in [0.15, 0.2) is 0 Å². The van der Waals surface area contributed by atoms with E-state index in [1.54, 1.807) is 19.0 Å². The van der Waals surface area contributed by atoms with Crippen molar-refractivity contribution < 1.29 is 4.79 Å². The highest BCUT2D eigenvalue weighted by atomic mass is 16.2. The smallest absolute Gasteiger partial charge is 0.236 e. The van der Waals surface area contributed by atoms with E-state index < -0.39 is 0 Å². The third kappa shape index (κ3) is 4.83. The lowest BCUT2D eigenvalue weighted by atomic mass is 10.0. The first-order valence-electron chi connectivity index (χ1n) is 7.73. The summed E-state index contributed by atoms with van der Waals surface area (Å²) in [5, 5.41) is 12.5. The van der Waals surface area contributed by atoms with Crippen LogP contribution < -0.4 is 5.32 Å². The fraction of sp³-hybridized carbons (Fsp3) is 0.529. The van der Waals surface area contributed by atoms with Crippen LogP contribution in [0.15, 0.2) is 24.3 Å². The highest BCUT2D eigenvalue weighted by Gasteiger charge is 2.20. The van der Waals surface area contributed by atoms with E-state index in [1.165, 1.54) is 0 Å². The summed E-state index contributed by atoms with van der Waals surface area (Å²) < 4.78 is 0. The Kier molecular flexibility index (Phi) is 5.93. The van der Waals surface area contributed by atoms with Crippen molar-refractivity contribution in [2.75, 3.05) is 33.7 Å². The van der Waals surface area contributed by atoms with Crippen LogP contribution in [-0.4, -0.2) is 55.5 Å². The van der Waals surface area contributed by atoms with Crippen molar-refractivity contribution in [3.8, 4) is 6.07 Å². The van der Waals surface area contributed by atoms with Crippen molar-refractivity contribution in [3.63, 3.8) is 0 Å². The molecule has 1 aromatic rings. The highest BCUT2D eigenvalue weighted by molar-refractivity contribution is 5.77. The number of likely N-dealkylation sites (tertiary alicyclic amines) is 1. The summed E-state index contributed by atoms with van der Waals surface area (Å²) in [6.45, 7) is 3.21. The predicted octanol–water partition coefficient (Wildman–Crippen LogP) is 1.20. The number of rotatable bonds is 5. The zero-order valence-electron chi connectivity index (χ0n) is 13.4. The lowest BCUT2D eigenvalue weighted by molar-refractivity contribution is -0.130. The molecule has 1 N–H and O–H groups in total. The molecule has 0 spiro atoms. The molecule has 2 rings (SSSR count). The normalized spacial score (nSPS) is 16.2. The van der Waals surface area contributed by atoms with Crippen molar-refractivity contribution in [2.24, 2.45) is 0 Å². The summed E-state index contributed by atoms with van der Waals surface area (Å²) in [5.41, 5.74) is 1.85. The van der Waals surface area contributed by atoms with Gasteiger partial charge in [0.05, 0.1) is 18.2 Å². The molecule has 0 unspecified atom stereocenters. The van der Waals surface area contributed by atoms with Gasteiger partial charge in [-0.2, -0.15) is 5.26 Å². The summed E-state index contributed by atoms with van der Waals surface area (Å²) in [6.07, 6.45) is 2.11. The topological polar surface area (TPSA) is 59.4 Å². The van der Waals surface area contributed by atoms with Crippen molar-refractivity contribution in [1.82, 2.24) is 15.1 Å². The molecular formula is C17H24N4O. The maximum atomic E-state index is 11.7. The fourth-order valence-electron chi connectivity index (χ4n) is 2.64. The first-order chi connectivity index (χ1) is 10.6. The number of benzene rings is 1. The van der Waals surface area contributed by atoms with Gasteiger partial charge >= 0.3 is 0 Å². The van der Waals surface area contributed by atoms with E-state index >= 15 is 0 Å². The number of likely N-dealkylation sites (N-methyl/N-ethyl adjacent to an activating group) is 1. The third-order valence-corrected chi connectivity index (χ3v) is 4.10. The summed E-state index contributed by atoms with van der Waals surface area (Å²) in [6, 6.07) is 10.4. The number of piperidine rings is 1. The Morgan fingerprint density at radius 1 is 1.41 bits per heavy atom. The number of nitrogens with zero attached hydrogens (tertiary/aromatic N) is 3. The van der Waals surface area contributed by atoms with E-state index in [0.717, 1.165) is 38.0 Å². The molecule has 0 aliphatic carbocycles. The SMILES string of the molecule is CN(C)C(=O)CN1CCC(NCc2cccc(C#N)c2)CC1. The van der Waals surface area contributed by atoms with Gasteiger partial charge in [0.25, 0.3) is 0 Å². The van der Waals surface area contributed by atoms with Gasteiger partial charge in [-0.25, -0.2) is 0 Å². The number of hydrogen-bond acceptors (Lipinski definition) is 4. The third-order valence-electron chi connectivity index (χ3n) is 4.10. The second kappa shape index (κ2) is 7.92. The minimum atomic E-state index is 0.166. The summed E-state index contributed by atoms with van der Waals surface area (Å²) >= 11 is 0. The first kappa shape index (κ1) is 16.5. The Labute approximate surface area is 132 Å². The zero-order chi connectivity index (χ0) is 15.9. The summed E-state index contributed by atoms with van der Waals surface area (Å²) in [4.78, 5) is 15.6. The number of carbonyl (C=O) groups is 1. The Morgan fingerprint density at radius 3 is 2.77 bits per heavy atom. The van der Waals surface area contributed by atoms with Crippen LogP contribution in [-0.2, 0) is 11.3 Å². The molecule has 1 heterocycles. The number of nitrogens with one attached hydrogen (secondary N) is 1. The molecule has 0 aromatic heterocycles. The van der Waals surface area contributed by atoms with Gasteiger partial charge in [-0.3, -0.25) is 9.69 Å². The molecular weight excluding hydrogens is 276 g/mol. The van der Waals surface area contributed by atoms with E-state index in [9.17, 15) is 4.79 Å². The van der Waals surface area contributed by atoms with E-state index in [0.29, 0.717) is 18.2 Å². The van der Waals surface area contributed by atoms with E-state index in [-0.39, 0.29) is 5.91 Å². The van der Waals surface area contributed by atoms with Crippen LogP contribution in [0.1, 0.15) is 24.0 Å². The maximum Gasteiger partial charge on any atom is 0.236 e. The lowest BCUT2D eigenvalue weighted by Gasteiger charge is -2.32. The van der Waals surface area contributed by atoms with E-state index in [2.05, 4.69) is 16.3 Å². The van der Waals surface area contributed by atoms with Crippen LogP contribution in [0.3, 0.4) is 0 Å². The molecule has 5 heteroatoms. The second-order valence-electron chi connectivity index (χ2n) is 6.03. The molecule has 22 heavy (non-hydrogen) atoms. The fourth-order valence-corrected chi connectivity index (χ4v) is 2.64. The standard InChI is InChI=1S/C17H24N4O/c1-20(2)17(22)13-21-8-6-16(7-9-21)19-12-15-5-3-4-14(10-15)11-18/h3-5,10,16,19H,6-9,12-13H2,1-2H3. The highest BCUT2D eigenvalue weighted by Crippen LogP contribution is 2.12. The summed E-state index contributed by atoms with van der Waals surface area (Å²) in [7, 11) is 3.60. The molecule has 0 saturated carbocycles. The molecule has 1 amide bonds. The average Bonchev–Trinajstić information content (AvgIpc) is 2.54. The monoisotopic (exact) mass is 300 g/mol. The molecule has 118 valence electrons. The largest absolute Gasteiger partial charge is 0.348 e. The molecule has 1 aromatic carbocycles. The molecule has 0 atom stereocenters. The zero-order valence-corrected chi connectivity index (χ0v) is 13.4. The average molecular weight is 300 g/mol. The first-order valence-corrected chi connectivity index (χ1v) is 7.73. The van der Waals surface area contributed by atoms with Crippen LogP contribution in [0, 0.1) is 11.3 Å². The Morgan fingerprint density at radius 2 is 2.14 bits per heavy atom. The molecule has 0 bridgehead atoms. The Hall–Kier alpha value is -1.90. The van der Waals surface area contributed by atoms with Crippen LogP contribution >= 0.6 is 0 Å². The second-order valence-corrected chi connectivity index (χ2v) is 6.03. The Balaban J connectivity index is 1.73. The number of amides is 1. The van der Waals surface area contributed by atoms with Crippen molar-refractivity contribution in [2.45, 2.75) is 25.4 Å². The number of carbonyl (C=O) groups excluding carboxylic acids is 1. The van der Waals surface area contributed by atoms with Crippen molar-refractivity contribution >= 4 is 5.91 Å². The van der Waals surface area contributed by atoms with Crippen LogP contribution in [0.4, 0.5) is 0 Å². The van der Waals surface area contributed by atoms with Crippen molar-refractivity contribution in [1.29, 1.82) is 5.26 Å². The van der Waals surface area contributed by atoms with Gasteiger partial charge in [-0.15, -0.1) is 0 Å². The van der Waals surface area contributed by atoms with Crippen LogP contribution in [0.25, 0.3) is 0 Å². The van der Waals surface area contributed by atoms with Crippen molar-refractivity contribution in [3.05, 3.63) is 35.4 Å². The molecule has 1 aliphatic heterocycles. The van der Waals surface area contributed by atoms with Gasteiger partial charge < -0.3 is 10.2 Å². The summed E-state index contributed by atoms with van der Waals surface area (Å²) in [5.74, 6) is 0.166. The minimum absolute atomic E-state index is 0.166.